The van der Waals surface area contributed by atoms with Gasteiger partial charge in [-0.15, -0.1) is 0 Å². The molecular weight excluding hydrogens is 531 g/mol. The molecule has 12 heteroatoms. The van der Waals surface area contributed by atoms with Gasteiger partial charge in [-0.3, -0.25) is 19.4 Å². The van der Waals surface area contributed by atoms with Crippen molar-refractivity contribution < 1.29 is 41.8 Å². The maximum absolute atomic E-state index is 15.0. The van der Waals surface area contributed by atoms with Crippen molar-refractivity contribution in [2.75, 3.05) is 28.3 Å². The molecule has 208 valence electrons. The third-order valence-electron chi connectivity index (χ3n) is 7.66. The van der Waals surface area contributed by atoms with Gasteiger partial charge in [0.05, 0.1) is 25.8 Å². The van der Waals surface area contributed by atoms with E-state index < -0.39 is 58.6 Å². The van der Waals surface area contributed by atoms with Crippen LogP contribution in [0.2, 0.25) is 0 Å². The lowest BCUT2D eigenvalue weighted by Gasteiger charge is -2.56. The Morgan fingerprint density at radius 3 is 2.20 bits per heavy atom. The Balaban J connectivity index is 2.02. The second kappa shape index (κ2) is 9.25. The first-order chi connectivity index (χ1) is 18.9. The Labute approximate surface area is 227 Å². The molecule has 0 saturated carbocycles. The first-order valence-electron chi connectivity index (χ1n) is 12.1. The van der Waals surface area contributed by atoms with Crippen LogP contribution in [0.4, 0.5) is 18.0 Å². The minimum absolute atomic E-state index is 0.0195. The smallest absolute Gasteiger partial charge is 0.432 e. The first-order valence-corrected chi connectivity index (χ1v) is 12.1. The fourth-order valence-electron chi connectivity index (χ4n) is 6.04. The van der Waals surface area contributed by atoms with E-state index in [1.165, 1.54) is 43.5 Å². The van der Waals surface area contributed by atoms with E-state index in [0.29, 0.717) is 15.4 Å². The molecule has 0 aromatic heterocycles. The molecule has 1 spiro atoms. The SMILES string of the molecule is COC(=O)C1=C(C(F)(F)F)N2C=Cc3ccccc3[C@H]2C2(C(=O)N(C)C(=O)N(C)C2=O)[C@H]1c1cccc(OC)c1. The molecule has 0 radical (unpaired) electrons. The number of nitrogens with zero attached hydrogens (tertiary/aromatic N) is 3. The van der Waals surface area contributed by atoms with Gasteiger partial charge in [0.2, 0.25) is 11.8 Å². The number of amides is 4. The van der Waals surface area contributed by atoms with Crippen molar-refractivity contribution in [3.8, 4) is 5.75 Å². The van der Waals surface area contributed by atoms with E-state index in [-0.39, 0.29) is 16.9 Å². The number of carbonyl (C=O) groups excluding carboxylic acids is 4. The van der Waals surface area contributed by atoms with Crippen LogP contribution in [0.3, 0.4) is 0 Å². The number of barbiturate groups is 1. The molecule has 3 heterocycles. The van der Waals surface area contributed by atoms with E-state index in [1.54, 1.807) is 18.2 Å². The van der Waals surface area contributed by atoms with Crippen molar-refractivity contribution in [3.05, 3.63) is 82.7 Å². The highest BCUT2D eigenvalue weighted by Crippen LogP contribution is 2.63. The average molecular weight is 556 g/mol. The lowest BCUT2D eigenvalue weighted by Crippen LogP contribution is -2.70. The highest BCUT2D eigenvalue weighted by atomic mass is 19.4. The topological polar surface area (TPSA) is 96.5 Å². The normalized spacial score (nSPS) is 22.0. The predicted molar refractivity (Wildman–Crippen MR) is 134 cm³/mol. The number of urea groups is 1. The molecule has 0 aliphatic carbocycles. The minimum atomic E-state index is -5.12. The van der Waals surface area contributed by atoms with Crippen LogP contribution in [-0.4, -0.2) is 73.0 Å². The third-order valence-corrected chi connectivity index (χ3v) is 7.66. The highest BCUT2D eigenvalue weighted by Gasteiger charge is 2.71. The fourth-order valence-corrected chi connectivity index (χ4v) is 6.04. The monoisotopic (exact) mass is 555 g/mol. The standard InChI is InChI=1S/C28H24F3N3O6/c1-32-24(36)27(25(37)33(2)26(32)38)20(16-9-7-10-17(14-16)39-3)19(23(35)40-4)22(28(29,30)31)34-13-12-15-8-5-6-11-18(15)21(27)34/h5-14,20-21H,1-4H3/t20-,21-/m0/s1. The number of hydrogen-bond acceptors (Lipinski definition) is 7. The van der Waals surface area contributed by atoms with Gasteiger partial charge in [-0.25, -0.2) is 9.59 Å². The van der Waals surface area contributed by atoms with Crippen molar-refractivity contribution in [1.82, 2.24) is 14.7 Å². The van der Waals surface area contributed by atoms with Gasteiger partial charge in [0, 0.05) is 26.2 Å². The summed E-state index contributed by atoms with van der Waals surface area (Å²) in [6.07, 6.45) is -2.62. The number of hydrogen-bond donors (Lipinski definition) is 0. The molecule has 2 aromatic rings. The highest BCUT2D eigenvalue weighted by molar-refractivity contribution is 6.21. The number of fused-ring (bicyclic) bond motifs is 4. The van der Waals surface area contributed by atoms with Gasteiger partial charge in [0.15, 0.2) is 5.41 Å². The summed E-state index contributed by atoms with van der Waals surface area (Å²) in [6.45, 7) is 0. The Kier molecular flexibility index (Phi) is 6.24. The zero-order valence-electron chi connectivity index (χ0n) is 21.9. The third kappa shape index (κ3) is 3.55. The van der Waals surface area contributed by atoms with Crippen LogP contribution in [-0.2, 0) is 19.1 Å². The summed E-state index contributed by atoms with van der Waals surface area (Å²) in [7, 11) is 4.55. The quantitative estimate of drug-likeness (QED) is 0.420. The molecule has 0 unspecified atom stereocenters. The summed E-state index contributed by atoms with van der Waals surface area (Å²) in [5.74, 6) is -5.11. The molecule has 3 aliphatic rings. The summed E-state index contributed by atoms with van der Waals surface area (Å²) in [5, 5.41) is 0. The summed E-state index contributed by atoms with van der Waals surface area (Å²) in [6, 6.07) is 9.63. The van der Waals surface area contributed by atoms with Crippen LogP contribution >= 0.6 is 0 Å². The summed E-state index contributed by atoms with van der Waals surface area (Å²) in [5.41, 5.74) is -4.04. The van der Waals surface area contributed by atoms with Crippen molar-refractivity contribution in [3.63, 3.8) is 0 Å². The van der Waals surface area contributed by atoms with E-state index in [4.69, 9.17) is 9.47 Å². The molecule has 40 heavy (non-hydrogen) atoms. The number of rotatable bonds is 3. The number of esters is 1. The molecule has 0 N–H and O–H groups in total. The Morgan fingerprint density at radius 1 is 0.950 bits per heavy atom. The molecule has 5 rings (SSSR count). The van der Waals surface area contributed by atoms with E-state index in [2.05, 4.69) is 0 Å². The van der Waals surface area contributed by atoms with Gasteiger partial charge >= 0.3 is 18.2 Å². The minimum Gasteiger partial charge on any atom is -0.497 e. The molecule has 0 bridgehead atoms. The molecule has 3 aliphatic heterocycles. The fraction of sp³-hybridized carbons (Fsp3) is 0.286. The Morgan fingerprint density at radius 2 is 1.60 bits per heavy atom. The molecule has 2 atom stereocenters. The van der Waals surface area contributed by atoms with Gasteiger partial charge in [0.25, 0.3) is 0 Å². The van der Waals surface area contributed by atoms with Crippen molar-refractivity contribution in [1.29, 1.82) is 0 Å². The maximum Gasteiger partial charge on any atom is 0.432 e. The van der Waals surface area contributed by atoms with Gasteiger partial charge < -0.3 is 14.4 Å². The second-order valence-corrected chi connectivity index (χ2v) is 9.60. The second-order valence-electron chi connectivity index (χ2n) is 9.60. The number of imide groups is 2. The number of allylic oxidation sites excluding steroid dienone is 1. The maximum atomic E-state index is 15.0. The molecule has 4 amide bonds. The van der Waals surface area contributed by atoms with Crippen LogP contribution in [0.25, 0.3) is 6.08 Å². The van der Waals surface area contributed by atoms with Crippen LogP contribution in [0.5, 0.6) is 5.75 Å². The van der Waals surface area contributed by atoms with Crippen LogP contribution < -0.4 is 4.74 Å². The molecular formula is C28H24F3N3O6. The van der Waals surface area contributed by atoms with Gasteiger partial charge in [-0.1, -0.05) is 36.4 Å². The molecule has 1 saturated heterocycles. The molecule has 1 fully saturated rings. The average Bonchev–Trinajstić information content (AvgIpc) is 2.95. The van der Waals surface area contributed by atoms with Crippen molar-refractivity contribution in [2.24, 2.45) is 5.41 Å². The van der Waals surface area contributed by atoms with Crippen molar-refractivity contribution in [2.45, 2.75) is 18.1 Å². The lowest BCUT2D eigenvalue weighted by molar-refractivity contribution is -0.171. The van der Waals surface area contributed by atoms with Crippen molar-refractivity contribution >= 4 is 29.9 Å². The first kappa shape index (κ1) is 27.0. The number of halogens is 3. The molecule has 2 aromatic carbocycles. The van der Waals surface area contributed by atoms with E-state index in [9.17, 15) is 19.2 Å². The van der Waals surface area contributed by atoms with Gasteiger partial charge in [-0.05, 0) is 34.9 Å². The lowest BCUT2D eigenvalue weighted by atomic mass is 9.57. The zero-order valence-corrected chi connectivity index (χ0v) is 21.9. The summed E-state index contributed by atoms with van der Waals surface area (Å²) in [4.78, 5) is 57.2. The number of alkyl halides is 3. The zero-order chi connectivity index (χ0) is 29.1. The van der Waals surface area contributed by atoms with E-state index in [1.807, 2.05) is 0 Å². The van der Waals surface area contributed by atoms with E-state index in [0.717, 1.165) is 32.3 Å². The number of ether oxygens (including phenoxy) is 2. The number of carbonyl (C=O) groups is 4. The van der Waals surface area contributed by atoms with Crippen LogP contribution in [0.1, 0.15) is 28.7 Å². The summed E-state index contributed by atoms with van der Waals surface area (Å²) < 4.78 is 55.2. The Hall–Kier alpha value is -4.61. The summed E-state index contributed by atoms with van der Waals surface area (Å²) >= 11 is 0. The van der Waals surface area contributed by atoms with Crippen LogP contribution in [0.15, 0.2) is 66.0 Å². The number of benzene rings is 2. The van der Waals surface area contributed by atoms with Gasteiger partial charge in [-0.2, -0.15) is 13.2 Å². The molecule has 9 nitrogen and oxygen atoms in total. The van der Waals surface area contributed by atoms with Gasteiger partial charge in [0.1, 0.15) is 11.4 Å². The predicted octanol–water partition coefficient (Wildman–Crippen LogP) is 3.85. The largest absolute Gasteiger partial charge is 0.497 e. The Bertz CT molecular complexity index is 1490. The number of methoxy groups -OCH3 is 2. The van der Waals surface area contributed by atoms with Crippen LogP contribution in [0, 0.1) is 5.41 Å². The van der Waals surface area contributed by atoms with E-state index >= 15 is 13.2 Å².